The van der Waals surface area contributed by atoms with Crippen LogP contribution in [0.3, 0.4) is 0 Å². The molecule has 10 heavy (non-hydrogen) atoms. The third kappa shape index (κ3) is 1.33. The lowest BCUT2D eigenvalue weighted by atomic mass is 10.0. The van der Waals surface area contributed by atoms with Gasteiger partial charge in [-0.2, -0.15) is 0 Å². The second-order valence-corrected chi connectivity index (χ2v) is 2.09. The molecule has 0 bridgehead atoms. The summed E-state index contributed by atoms with van der Waals surface area (Å²) < 4.78 is 0. The quantitative estimate of drug-likeness (QED) is 0.444. The lowest BCUT2D eigenvalue weighted by Crippen LogP contribution is -2.06. The van der Waals surface area contributed by atoms with Gasteiger partial charge in [-0.3, -0.25) is 4.98 Å². The smallest absolute Gasteiger partial charge is 0.145 e. The number of nitroso groups, excluding NO2 is 1. The standard InChI is InChI=1S/C5H2BClN2O/c6-5-4(9-10)1-3(7)2-8-5/h1-2H. The molecule has 0 aliphatic rings. The number of hydrogen-bond acceptors (Lipinski definition) is 3. The zero-order chi connectivity index (χ0) is 7.56. The fourth-order valence-corrected chi connectivity index (χ4v) is 0.664. The lowest BCUT2D eigenvalue weighted by molar-refractivity contribution is 1.36. The molecule has 0 aliphatic heterocycles. The highest BCUT2D eigenvalue weighted by Crippen LogP contribution is 2.12. The van der Waals surface area contributed by atoms with Crippen molar-refractivity contribution in [1.82, 2.24) is 4.98 Å². The average molecular weight is 152 g/mol. The van der Waals surface area contributed by atoms with Crippen molar-refractivity contribution in [2.75, 3.05) is 0 Å². The molecule has 1 aromatic rings. The van der Waals surface area contributed by atoms with Crippen molar-refractivity contribution in [3.05, 3.63) is 22.2 Å². The van der Waals surface area contributed by atoms with Crippen LogP contribution in [0.5, 0.6) is 0 Å². The third-order valence-electron chi connectivity index (χ3n) is 0.962. The molecule has 48 valence electrons. The summed E-state index contributed by atoms with van der Waals surface area (Å²) in [7, 11) is 5.24. The van der Waals surface area contributed by atoms with Crippen LogP contribution in [-0.2, 0) is 0 Å². The van der Waals surface area contributed by atoms with E-state index in [-0.39, 0.29) is 11.3 Å². The van der Waals surface area contributed by atoms with Crippen LogP contribution in [-0.4, -0.2) is 12.8 Å². The topological polar surface area (TPSA) is 42.3 Å². The van der Waals surface area contributed by atoms with Crippen molar-refractivity contribution >= 4 is 30.7 Å². The third-order valence-corrected chi connectivity index (χ3v) is 1.17. The lowest BCUT2D eigenvalue weighted by Gasteiger charge is -1.94. The predicted molar refractivity (Wildman–Crippen MR) is 40.1 cm³/mol. The highest BCUT2D eigenvalue weighted by Gasteiger charge is 1.97. The van der Waals surface area contributed by atoms with E-state index in [1.165, 1.54) is 12.3 Å². The molecule has 0 spiro atoms. The Bertz CT molecular complexity index is 266. The van der Waals surface area contributed by atoms with Crippen LogP contribution in [0.2, 0.25) is 5.02 Å². The van der Waals surface area contributed by atoms with E-state index in [4.69, 9.17) is 19.4 Å². The Balaban J connectivity index is 3.21. The maximum atomic E-state index is 9.95. The van der Waals surface area contributed by atoms with E-state index in [0.717, 1.165) is 0 Å². The summed E-state index contributed by atoms with van der Waals surface area (Å²) in [5.41, 5.74) is 0.173. The average Bonchev–Trinajstić information content (AvgIpc) is 1.94. The van der Waals surface area contributed by atoms with Crippen molar-refractivity contribution < 1.29 is 0 Å². The number of nitrogens with zero attached hydrogens (tertiary/aromatic N) is 2. The minimum atomic E-state index is 0.0764. The molecule has 0 amide bonds. The van der Waals surface area contributed by atoms with E-state index in [1.807, 2.05) is 0 Å². The van der Waals surface area contributed by atoms with Gasteiger partial charge in [0.15, 0.2) is 0 Å². The maximum absolute atomic E-state index is 9.95. The van der Waals surface area contributed by atoms with E-state index in [9.17, 15) is 4.91 Å². The fourth-order valence-electron chi connectivity index (χ4n) is 0.512. The molecular weight excluding hydrogens is 150 g/mol. The van der Waals surface area contributed by atoms with Crippen LogP contribution < -0.4 is 5.59 Å². The summed E-state index contributed by atoms with van der Waals surface area (Å²) in [4.78, 5) is 13.6. The molecule has 0 N–H and O–H groups in total. The first-order valence-corrected chi connectivity index (χ1v) is 2.86. The SMILES string of the molecule is [B]c1ncc(Cl)cc1N=O. The van der Waals surface area contributed by atoms with E-state index >= 15 is 0 Å². The van der Waals surface area contributed by atoms with Gasteiger partial charge in [-0.25, -0.2) is 0 Å². The van der Waals surface area contributed by atoms with Crippen LogP contribution in [0.25, 0.3) is 0 Å². The van der Waals surface area contributed by atoms with Gasteiger partial charge in [-0.1, -0.05) is 11.6 Å². The highest BCUT2D eigenvalue weighted by atomic mass is 35.5. The van der Waals surface area contributed by atoms with Crippen LogP contribution in [0.15, 0.2) is 17.4 Å². The van der Waals surface area contributed by atoms with E-state index in [0.29, 0.717) is 5.02 Å². The first-order valence-electron chi connectivity index (χ1n) is 2.48. The normalized spacial score (nSPS) is 9.30. The molecule has 1 heterocycles. The summed E-state index contributed by atoms with van der Waals surface area (Å²) in [6.07, 6.45) is 1.35. The summed E-state index contributed by atoms with van der Waals surface area (Å²) in [6.45, 7) is 0. The molecule has 5 heteroatoms. The number of halogens is 1. The highest BCUT2D eigenvalue weighted by molar-refractivity contribution is 6.35. The number of rotatable bonds is 1. The first kappa shape index (κ1) is 7.21. The summed E-state index contributed by atoms with van der Waals surface area (Å²) in [5.74, 6) is 0. The van der Waals surface area contributed by atoms with Crippen LogP contribution in [0.4, 0.5) is 5.69 Å². The molecule has 0 atom stereocenters. The monoisotopic (exact) mass is 152 g/mol. The van der Waals surface area contributed by atoms with E-state index < -0.39 is 0 Å². The molecule has 0 saturated carbocycles. The largest absolute Gasteiger partial charge is 0.269 e. The van der Waals surface area contributed by atoms with Gasteiger partial charge in [0.2, 0.25) is 0 Å². The van der Waals surface area contributed by atoms with Gasteiger partial charge in [-0.05, 0) is 11.2 Å². The van der Waals surface area contributed by atoms with E-state index in [1.54, 1.807) is 0 Å². The van der Waals surface area contributed by atoms with Crippen LogP contribution in [0, 0.1) is 4.91 Å². The van der Waals surface area contributed by atoms with Gasteiger partial charge < -0.3 is 0 Å². The molecule has 1 rings (SSSR count). The van der Waals surface area contributed by atoms with Gasteiger partial charge >= 0.3 is 0 Å². The first-order chi connectivity index (χ1) is 4.74. The molecular formula is C5H2BClN2O. The number of pyridine rings is 1. The van der Waals surface area contributed by atoms with Gasteiger partial charge in [0.05, 0.1) is 5.02 Å². The van der Waals surface area contributed by atoms with Crippen molar-refractivity contribution in [3.63, 3.8) is 0 Å². The molecule has 0 fully saturated rings. The van der Waals surface area contributed by atoms with Crippen molar-refractivity contribution in [2.45, 2.75) is 0 Å². The zero-order valence-electron chi connectivity index (χ0n) is 4.91. The Morgan fingerprint density at radius 1 is 1.70 bits per heavy atom. The van der Waals surface area contributed by atoms with Gasteiger partial charge in [0.25, 0.3) is 0 Å². The molecule has 0 aliphatic carbocycles. The zero-order valence-corrected chi connectivity index (χ0v) is 5.67. The van der Waals surface area contributed by atoms with Gasteiger partial charge in [-0.15, -0.1) is 4.91 Å². The second-order valence-electron chi connectivity index (χ2n) is 1.65. The Hall–Kier alpha value is -0.895. The minimum absolute atomic E-state index is 0.0764. The van der Waals surface area contributed by atoms with Crippen molar-refractivity contribution in [2.24, 2.45) is 5.18 Å². The van der Waals surface area contributed by atoms with Crippen molar-refractivity contribution in [1.29, 1.82) is 0 Å². The molecule has 2 radical (unpaired) electrons. The Kier molecular flexibility index (Phi) is 2.01. The summed E-state index contributed by atoms with van der Waals surface area (Å²) in [6, 6.07) is 1.36. The molecule has 0 unspecified atom stereocenters. The number of hydrogen-bond donors (Lipinski definition) is 0. The molecule has 3 nitrogen and oxygen atoms in total. The number of aromatic nitrogens is 1. The molecule has 1 aromatic heterocycles. The molecule has 0 aromatic carbocycles. The van der Waals surface area contributed by atoms with E-state index in [2.05, 4.69) is 10.2 Å². The van der Waals surface area contributed by atoms with Crippen LogP contribution >= 0.6 is 11.6 Å². The summed E-state index contributed by atoms with van der Waals surface area (Å²) >= 11 is 5.48. The Morgan fingerprint density at radius 2 is 2.40 bits per heavy atom. The van der Waals surface area contributed by atoms with Gasteiger partial charge in [0.1, 0.15) is 13.5 Å². The van der Waals surface area contributed by atoms with Crippen molar-refractivity contribution in [3.8, 4) is 0 Å². The second kappa shape index (κ2) is 2.79. The maximum Gasteiger partial charge on any atom is 0.145 e. The van der Waals surface area contributed by atoms with Crippen LogP contribution in [0.1, 0.15) is 0 Å². The Labute approximate surface area is 63.8 Å². The predicted octanol–water partition coefficient (Wildman–Crippen LogP) is 0.927. The molecule has 0 saturated heterocycles. The minimum Gasteiger partial charge on any atom is -0.269 e. The van der Waals surface area contributed by atoms with Gasteiger partial charge in [0, 0.05) is 11.8 Å². The Morgan fingerprint density at radius 3 is 2.90 bits per heavy atom. The fraction of sp³-hybridized carbons (Fsp3) is 0. The summed E-state index contributed by atoms with van der Waals surface area (Å²) in [5, 5.41) is 2.96.